The van der Waals surface area contributed by atoms with Crippen molar-refractivity contribution in [3.8, 4) is 23.0 Å². The monoisotopic (exact) mass is 550 g/mol. The molecule has 0 aromatic heterocycles. The van der Waals surface area contributed by atoms with Crippen LogP contribution in [0.25, 0.3) is 0 Å². The van der Waals surface area contributed by atoms with Crippen molar-refractivity contribution >= 4 is 11.4 Å². The number of anilines is 2. The van der Waals surface area contributed by atoms with Crippen LogP contribution >= 0.6 is 0 Å². The van der Waals surface area contributed by atoms with E-state index < -0.39 is 87.0 Å². The maximum atomic E-state index is 14.5. The van der Waals surface area contributed by atoms with Gasteiger partial charge >= 0.3 is 18.5 Å². The minimum atomic E-state index is -5.63. The molecule has 3 aromatic rings. The standard InChI is InChI=1S/C21H10F12N2O2/c22-7-1-11(34)17(20(28,29)30)13(3-7)36-9-5-10(24)16(19(25,26)27)15(6-9)37-14-4-8(23)2-12(35)18(14)21(31,32)33/h1-6H,34-35H2. The summed E-state index contributed by atoms with van der Waals surface area (Å²) in [4.78, 5) is 0. The van der Waals surface area contributed by atoms with Gasteiger partial charge in [0.15, 0.2) is 0 Å². The molecule has 0 saturated carbocycles. The van der Waals surface area contributed by atoms with E-state index in [1.807, 2.05) is 0 Å². The number of alkyl halides is 9. The lowest BCUT2D eigenvalue weighted by atomic mass is 10.1. The number of ether oxygens (including phenoxy) is 2. The summed E-state index contributed by atoms with van der Waals surface area (Å²) >= 11 is 0. The van der Waals surface area contributed by atoms with E-state index in [2.05, 4.69) is 4.74 Å². The van der Waals surface area contributed by atoms with Gasteiger partial charge in [0.2, 0.25) is 0 Å². The van der Waals surface area contributed by atoms with E-state index in [-0.39, 0.29) is 36.4 Å². The molecular weight excluding hydrogens is 540 g/mol. The zero-order chi connectivity index (χ0) is 28.1. The molecule has 4 nitrogen and oxygen atoms in total. The summed E-state index contributed by atoms with van der Waals surface area (Å²) in [5.41, 5.74) is 1.75. The van der Waals surface area contributed by atoms with Gasteiger partial charge in [-0.15, -0.1) is 0 Å². The van der Waals surface area contributed by atoms with Gasteiger partial charge in [-0.2, -0.15) is 39.5 Å². The lowest BCUT2D eigenvalue weighted by Gasteiger charge is -2.20. The molecule has 16 heteroatoms. The smallest absolute Gasteiger partial charge is 0.422 e. The predicted molar refractivity (Wildman–Crippen MR) is 103 cm³/mol. The molecule has 0 unspecified atom stereocenters. The lowest BCUT2D eigenvalue weighted by molar-refractivity contribution is -0.141. The highest BCUT2D eigenvalue weighted by Gasteiger charge is 2.42. The van der Waals surface area contributed by atoms with Crippen LogP contribution in [-0.2, 0) is 18.5 Å². The topological polar surface area (TPSA) is 70.5 Å². The highest BCUT2D eigenvalue weighted by Crippen LogP contribution is 2.48. The van der Waals surface area contributed by atoms with Crippen LogP contribution in [-0.4, -0.2) is 0 Å². The second-order valence-electron chi connectivity index (χ2n) is 7.21. The summed E-state index contributed by atoms with van der Waals surface area (Å²) < 4.78 is 172. The Kier molecular flexibility index (Phi) is 6.83. The molecule has 0 saturated heterocycles. The maximum Gasteiger partial charge on any atom is 0.422 e. The van der Waals surface area contributed by atoms with Gasteiger partial charge in [0, 0.05) is 24.3 Å². The Bertz CT molecular complexity index is 1350. The van der Waals surface area contributed by atoms with Crippen LogP contribution in [0.3, 0.4) is 0 Å². The van der Waals surface area contributed by atoms with Gasteiger partial charge in [0.25, 0.3) is 0 Å². The van der Waals surface area contributed by atoms with E-state index in [4.69, 9.17) is 16.2 Å². The summed E-state index contributed by atoms with van der Waals surface area (Å²) in [5, 5.41) is 0. The van der Waals surface area contributed by atoms with E-state index in [0.717, 1.165) is 0 Å². The Labute approximate surface area is 198 Å². The largest absolute Gasteiger partial charge is 0.456 e. The van der Waals surface area contributed by atoms with E-state index in [0.29, 0.717) is 0 Å². The van der Waals surface area contributed by atoms with Gasteiger partial charge in [-0.1, -0.05) is 0 Å². The van der Waals surface area contributed by atoms with Gasteiger partial charge in [-0.3, -0.25) is 0 Å². The summed E-state index contributed by atoms with van der Waals surface area (Å²) in [6.07, 6.45) is -16.3. The summed E-state index contributed by atoms with van der Waals surface area (Å²) in [7, 11) is 0. The van der Waals surface area contributed by atoms with Gasteiger partial charge in [-0.25, -0.2) is 13.2 Å². The van der Waals surface area contributed by atoms with Crippen LogP contribution in [0.5, 0.6) is 23.0 Å². The molecule has 0 aliphatic heterocycles. The molecule has 3 aromatic carbocycles. The lowest BCUT2D eigenvalue weighted by Crippen LogP contribution is -2.14. The van der Waals surface area contributed by atoms with Crippen molar-refractivity contribution in [1.29, 1.82) is 0 Å². The average molecular weight is 550 g/mol. The molecule has 3 rings (SSSR count). The fraction of sp³-hybridized carbons (Fsp3) is 0.143. The molecule has 0 atom stereocenters. The number of nitrogens with two attached hydrogens (primary N) is 2. The van der Waals surface area contributed by atoms with E-state index in [1.54, 1.807) is 0 Å². The molecule has 0 spiro atoms. The molecule has 0 bridgehead atoms. The molecule has 37 heavy (non-hydrogen) atoms. The second kappa shape index (κ2) is 9.15. The fourth-order valence-corrected chi connectivity index (χ4v) is 3.19. The summed E-state index contributed by atoms with van der Waals surface area (Å²) in [6.45, 7) is 0. The van der Waals surface area contributed by atoms with Gasteiger partial charge < -0.3 is 20.9 Å². The first-order valence-electron chi connectivity index (χ1n) is 9.38. The average Bonchev–Trinajstić information content (AvgIpc) is 2.62. The fourth-order valence-electron chi connectivity index (χ4n) is 3.19. The Morgan fingerprint density at radius 3 is 1.27 bits per heavy atom. The SMILES string of the molecule is Nc1cc(F)cc(Oc2cc(F)c(C(F)(F)F)c(Oc3cc(F)cc(N)c3C(F)(F)F)c2)c1C(F)(F)F. The van der Waals surface area contributed by atoms with E-state index >= 15 is 0 Å². The predicted octanol–water partition coefficient (Wildman–Crippen LogP) is 7.91. The summed E-state index contributed by atoms with van der Waals surface area (Å²) in [6, 6.07) is 0.554. The highest BCUT2D eigenvalue weighted by atomic mass is 19.4. The summed E-state index contributed by atoms with van der Waals surface area (Å²) in [5.74, 6) is -11.1. The molecule has 0 heterocycles. The number of hydrogen-bond donors (Lipinski definition) is 2. The number of rotatable bonds is 4. The first-order chi connectivity index (χ1) is 16.8. The zero-order valence-corrected chi connectivity index (χ0v) is 17.5. The Hall–Kier alpha value is -3.98. The number of benzene rings is 3. The van der Waals surface area contributed by atoms with Gasteiger partial charge in [0.1, 0.15) is 57.1 Å². The quantitative estimate of drug-likeness (QED) is 0.256. The maximum absolute atomic E-state index is 14.5. The Morgan fingerprint density at radius 1 is 0.486 bits per heavy atom. The third-order valence-electron chi connectivity index (χ3n) is 4.52. The molecule has 0 aliphatic rings. The zero-order valence-electron chi connectivity index (χ0n) is 17.5. The Balaban J connectivity index is 2.23. The van der Waals surface area contributed by atoms with Crippen molar-refractivity contribution < 1.29 is 62.2 Å². The number of hydrogen-bond acceptors (Lipinski definition) is 4. The molecule has 200 valence electrons. The van der Waals surface area contributed by atoms with Crippen LogP contribution < -0.4 is 20.9 Å². The molecule has 0 amide bonds. The Morgan fingerprint density at radius 2 is 0.865 bits per heavy atom. The van der Waals surface area contributed by atoms with Crippen LogP contribution in [0.4, 0.5) is 64.1 Å². The van der Waals surface area contributed by atoms with E-state index in [9.17, 15) is 52.7 Å². The van der Waals surface area contributed by atoms with Crippen molar-refractivity contribution in [2.24, 2.45) is 0 Å². The molecule has 0 fully saturated rings. The number of nitrogen functional groups attached to an aromatic ring is 2. The molecular formula is C21H10F12N2O2. The van der Waals surface area contributed by atoms with E-state index in [1.165, 1.54) is 0 Å². The molecule has 0 aliphatic carbocycles. The van der Waals surface area contributed by atoms with Gasteiger partial charge in [0.05, 0.1) is 11.4 Å². The van der Waals surface area contributed by atoms with Crippen molar-refractivity contribution in [2.45, 2.75) is 18.5 Å². The first-order valence-corrected chi connectivity index (χ1v) is 9.38. The second-order valence-corrected chi connectivity index (χ2v) is 7.21. The van der Waals surface area contributed by atoms with Crippen LogP contribution in [0.1, 0.15) is 16.7 Å². The van der Waals surface area contributed by atoms with Crippen LogP contribution in [0.15, 0.2) is 36.4 Å². The molecule has 0 radical (unpaired) electrons. The highest BCUT2D eigenvalue weighted by molar-refractivity contribution is 5.59. The van der Waals surface area contributed by atoms with Crippen LogP contribution in [0.2, 0.25) is 0 Å². The van der Waals surface area contributed by atoms with Crippen molar-refractivity contribution in [3.05, 3.63) is 70.5 Å². The first kappa shape index (κ1) is 27.6. The minimum absolute atomic E-state index is 0.000197. The number of halogens is 12. The third kappa shape index (κ3) is 5.89. The van der Waals surface area contributed by atoms with Crippen molar-refractivity contribution in [2.75, 3.05) is 11.5 Å². The molecule has 4 N–H and O–H groups in total. The van der Waals surface area contributed by atoms with Gasteiger partial charge in [-0.05, 0) is 12.1 Å². The van der Waals surface area contributed by atoms with Crippen molar-refractivity contribution in [1.82, 2.24) is 0 Å². The third-order valence-corrected chi connectivity index (χ3v) is 4.52. The minimum Gasteiger partial charge on any atom is -0.456 e. The normalized spacial score (nSPS) is 12.5. The van der Waals surface area contributed by atoms with Crippen LogP contribution in [0, 0.1) is 17.5 Å². The van der Waals surface area contributed by atoms with Crippen molar-refractivity contribution in [3.63, 3.8) is 0 Å².